The summed E-state index contributed by atoms with van der Waals surface area (Å²) >= 11 is 11.8. The standard InChI is InChI=1S/C18H12Cl2N2O4/c1-9(23)10-3-2-4-11(5-10)21-16(24)8-22-17(25)12-6-14(19)15(20)7-13(12)18(22)26/h2-7H,8H2,1H3,(H,21,24). The van der Waals surface area contributed by atoms with Crippen LogP contribution in [0.2, 0.25) is 10.0 Å². The van der Waals surface area contributed by atoms with E-state index in [0.29, 0.717) is 11.3 Å². The zero-order valence-corrected chi connectivity index (χ0v) is 15.0. The monoisotopic (exact) mass is 390 g/mol. The van der Waals surface area contributed by atoms with Crippen LogP contribution in [0.1, 0.15) is 38.0 Å². The van der Waals surface area contributed by atoms with E-state index in [4.69, 9.17) is 23.2 Å². The van der Waals surface area contributed by atoms with Crippen molar-refractivity contribution in [3.8, 4) is 0 Å². The number of anilines is 1. The number of carbonyl (C=O) groups excluding carboxylic acids is 4. The number of ketones is 1. The average molecular weight is 391 g/mol. The van der Waals surface area contributed by atoms with Crippen LogP contribution in [0.15, 0.2) is 36.4 Å². The smallest absolute Gasteiger partial charge is 0.262 e. The molecule has 0 aliphatic carbocycles. The van der Waals surface area contributed by atoms with Gasteiger partial charge < -0.3 is 5.32 Å². The van der Waals surface area contributed by atoms with Crippen molar-refractivity contribution < 1.29 is 19.2 Å². The average Bonchev–Trinajstić information content (AvgIpc) is 2.80. The molecule has 1 N–H and O–H groups in total. The molecule has 132 valence electrons. The largest absolute Gasteiger partial charge is 0.325 e. The highest BCUT2D eigenvalue weighted by atomic mass is 35.5. The van der Waals surface area contributed by atoms with E-state index in [1.165, 1.54) is 25.1 Å². The summed E-state index contributed by atoms with van der Waals surface area (Å²) in [4.78, 5) is 49.2. The third-order valence-corrected chi connectivity index (χ3v) is 4.59. The number of benzene rings is 2. The fourth-order valence-corrected chi connectivity index (χ4v) is 2.91. The van der Waals surface area contributed by atoms with Crippen molar-refractivity contribution >= 4 is 52.4 Å². The van der Waals surface area contributed by atoms with E-state index >= 15 is 0 Å². The minimum Gasteiger partial charge on any atom is -0.325 e. The molecule has 0 radical (unpaired) electrons. The Hall–Kier alpha value is -2.70. The summed E-state index contributed by atoms with van der Waals surface area (Å²) in [5, 5.41) is 2.87. The van der Waals surface area contributed by atoms with E-state index in [2.05, 4.69) is 5.32 Å². The van der Waals surface area contributed by atoms with Gasteiger partial charge in [0.1, 0.15) is 6.54 Å². The Morgan fingerprint density at radius 2 is 1.58 bits per heavy atom. The molecule has 3 rings (SSSR count). The molecule has 0 spiro atoms. The van der Waals surface area contributed by atoms with Crippen LogP contribution in [0.25, 0.3) is 0 Å². The summed E-state index contributed by atoms with van der Waals surface area (Å²) in [6.45, 7) is 0.946. The predicted molar refractivity (Wildman–Crippen MR) is 96.9 cm³/mol. The SMILES string of the molecule is CC(=O)c1cccc(NC(=O)CN2C(=O)c3cc(Cl)c(Cl)cc3C2=O)c1. The highest BCUT2D eigenvalue weighted by molar-refractivity contribution is 6.43. The van der Waals surface area contributed by atoms with Crippen molar-refractivity contribution in [2.45, 2.75) is 6.92 Å². The predicted octanol–water partition coefficient (Wildman–Crippen LogP) is 3.43. The maximum atomic E-state index is 12.4. The molecule has 0 fully saturated rings. The summed E-state index contributed by atoms with van der Waals surface area (Å²) in [6.07, 6.45) is 0. The molecule has 0 bridgehead atoms. The molecule has 2 aromatic carbocycles. The molecule has 0 saturated carbocycles. The first-order chi connectivity index (χ1) is 12.3. The van der Waals surface area contributed by atoms with Crippen LogP contribution in [0.5, 0.6) is 0 Å². The number of nitrogens with one attached hydrogen (secondary N) is 1. The Morgan fingerprint density at radius 3 is 2.12 bits per heavy atom. The van der Waals surface area contributed by atoms with Gasteiger partial charge in [-0.25, -0.2) is 0 Å². The molecule has 0 saturated heterocycles. The van der Waals surface area contributed by atoms with Crippen molar-refractivity contribution in [2.75, 3.05) is 11.9 Å². The summed E-state index contributed by atoms with van der Waals surface area (Å²) in [7, 11) is 0. The molecular weight excluding hydrogens is 379 g/mol. The minimum atomic E-state index is -0.615. The van der Waals surface area contributed by atoms with Crippen LogP contribution >= 0.6 is 23.2 Å². The first-order valence-electron chi connectivity index (χ1n) is 7.54. The van der Waals surface area contributed by atoms with Gasteiger partial charge in [-0.05, 0) is 31.2 Å². The molecule has 1 aliphatic heterocycles. The molecule has 8 heteroatoms. The van der Waals surface area contributed by atoms with Crippen LogP contribution < -0.4 is 5.32 Å². The van der Waals surface area contributed by atoms with Gasteiger partial charge in [0.05, 0.1) is 21.2 Å². The molecule has 0 aromatic heterocycles. The van der Waals surface area contributed by atoms with Crippen LogP contribution in [-0.4, -0.2) is 34.9 Å². The number of amides is 3. The third-order valence-electron chi connectivity index (χ3n) is 3.87. The van der Waals surface area contributed by atoms with Crippen molar-refractivity contribution in [1.29, 1.82) is 0 Å². The van der Waals surface area contributed by atoms with Crippen LogP contribution in [0.4, 0.5) is 5.69 Å². The van der Waals surface area contributed by atoms with Gasteiger partial charge in [0.15, 0.2) is 5.78 Å². The number of rotatable bonds is 4. The number of hydrogen-bond acceptors (Lipinski definition) is 4. The number of carbonyl (C=O) groups is 4. The third kappa shape index (κ3) is 3.34. The topological polar surface area (TPSA) is 83.6 Å². The van der Waals surface area contributed by atoms with Crippen molar-refractivity contribution in [3.63, 3.8) is 0 Å². The lowest BCUT2D eigenvalue weighted by molar-refractivity contribution is -0.116. The quantitative estimate of drug-likeness (QED) is 0.640. The summed E-state index contributed by atoms with van der Waals surface area (Å²) in [5.74, 6) is -1.94. The molecular formula is C18H12Cl2N2O4. The number of Topliss-reactive ketones (excluding diaryl/α,β-unsaturated/α-hetero) is 1. The zero-order chi connectivity index (χ0) is 19.0. The Balaban J connectivity index is 1.76. The fourth-order valence-electron chi connectivity index (χ4n) is 2.59. The highest BCUT2D eigenvalue weighted by Gasteiger charge is 2.37. The minimum absolute atomic E-state index is 0.107. The summed E-state index contributed by atoms with van der Waals surface area (Å²) in [6, 6.07) is 8.99. The van der Waals surface area contributed by atoms with E-state index in [1.54, 1.807) is 18.2 Å². The molecule has 6 nitrogen and oxygen atoms in total. The van der Waals surface area contributed by atoms with Gasteiger partial charge in [0.25, 0.3) is 11.8 Å². The van der Waals surface area contributed by atoms with Gasteiger partial charge >= 0.3 is 0 Å². The van der Waals surface area contributed by atoms with Crippen molar-refractivity contribution in [2.24, 2.45) is 0 Å². The second kappa shape index (κ2) is 6.90. The van der Waals surface area contributed by atoms with E-state index in [1.807, 2.05) is 0 Å². The van der Waals surface area contributed by atoms with E-state index in [0.717, 1.165) is 4.90 Å². The Bertz CT molecular complexity index is 931. The van der Waals surface area contributed by atoms with Crippen LogP contribution in [-0.2, 0) is 4.79 Å². The van der Waals surface area contributed by atoms with Gasteiger partial charge in [-0.2, -0.15) is 0 Å². The lowest BCUT2D eigenvalue weighted by atomic mass is 10.1. The van der Waals surface area contributed by atoms with Gasteiger partial charge in [-0.15, -0.1) is 0 Å². The lowest BCUT2D eigenvalue weighted by Crippen LogP contribution is -2.37. The Labute approximate surface area is 158 Å². The molecule has 3 amide bonds. The highest BCUT2D eigenvalue weighted by Crippen LogP contribution is 2.31. The zero-order valence-electron chi connectivity index (χ0n) is 13.5. The number of hydrogen-bond donors (Lipinski definition) is 1. The van der Waals surface area contributed by atoms with Crippen LogP contribution in [0.3, 0.4) is 0 Å². The molecule has 2 aromatic rings. The lowest BCUT2D eigenvalue weighted by Gasteiger charge is -2.13. The first kappa shape index (κ1) is 18.1. The molecule has 1 aliphatic rings. The molecule has 26 heavy (non-hydrogen) atoms. The van der Waals surface area contributed by atoms with Crippen LogP contribution in [0, 0.1) is 0 Å². The number of halogens is 2. The fraction of sp³-hybridized carbons (Fsp3) is 0.111. The maximum Gasteiger partial charge on any atom is 0.262 e. The summed E-state index contributed by atoms with van der Waals surface area (Å²) < 4.78 is 0. The van der Waals surface area contributed by atoms with E-state index in [9.17, 15) is 19.2 Å². The second-order valence-corrected chi connectivity index (χ2v) is 6.51. The van der Waals surface area contributed by atoms with Gasteiger partial charge in [-0.1, -0.05) is 35.3 Å². The maximum absolute atomic E-state index is 12.4. The normalized spacial score (nSPS) is 13.0. The van der Waals surface area contributed by atoms with Gasteiger partial charge in [0.2, 0.25) is 5.91 Å². The number of imide groups is 1. The van der Waals surface area contributed by atoms with Crippen molar-refractivity contribution in [3.05, 3.63) is 63.1 Å². The van der Waals surface area contributed by atoms with E-state index in [-0.39, 0.29) is 27.0 Å². The molecule has 0 unspecified atom stereocenters. The van der Waals surface area contributed by atoms with Crippen molar-refractivity contribution in [1.82, 2.24) is 4.90 Å². The van der Waals surface area contributed by atoms with Gasteiger partial charge in [-0.3, -0.25) is 24.1 Å². The first-order valence-corrected chi connectivity index (χ1v) is 8.29. The van der Waals surface area contributed by atoms with E-state index < -0.39 is 24.3 Å². The molecule has 0 atom stereocenters. The Kier molecular flexibility index (Phi) is 4.80. The van der Waals surface area contributed by atoms with Gasteiger partial charge in [0, 0.05) is 11.3 Å². The number of fused-ring (bicyclic) bond motifs is 1. The summed E-state index contributed by atoms with van der Waals surface area (Å²) in [5.41, 5.74) is 1.05. The molecule has 1 heterocycles. The number of nitrogens with zero attached hydrogens (tertiary/aromatic N) is 1. The second-order valence-electron chi connectivity index (χ2n) is 5.69. The Morgan fingerprint density at radius 1 is 1.00 bits per heavy atom.